The highest BCUT2D eigenvalue weighted by Gasteiger charge is 2.29. The van der Waals surface area contributed by atoms with Crippen LogP contribution in [0.15, 0.2) is 12.1 Å². The Kier molecular flexibility index (Phi) is 6.17. The Labute approximate surface area is 164 Å². The Morgan fingerprint density at radius 2 is 1.81 bits per heavy atom. The number of amides is 1. The van der Waals surface area contributed by atoms with E-state index in [2.05, 4.69) is 29.3 Å². The fourth-order valence-corrected chi connectivity index (χ4v) is 5.57. The van der Waals surface area contributed by atoms with Crippen LogP contribution < -0.4 is 5.32 Å². The number of carbonyl (C=O) groups is 1. The van der Waals surface area contributed by atoms with Crippen LogP contribution in [0.5, 0.6) is 0 Å². The molecule has 1 aliphatic carbocycles. The van der Waals surface area contributed by atoms with Gasteiger partial charge in [0.05, 0.1) is 0 Å². The summed E-state index contributed by atoms with van der Waals surface area (Å²) in [5, 5.41) is 3.46. The first-order valence-corrected chi connectivity index (χ1v) is 11.3. The van der Waals surface area contributed by atoms with Crippen molar-refractivity contribution in [2.24, 2.45) is 11.8 Å². The number of benzene rings is 1. The van der Waals surface area contributed by atoms with Crippen molar-refractivity contribution in [2.75, 3.05) is 19.6 Å². The summed E-state index contributed by atoms with van der Waals surface area (Å²) < 4.78 is 0. The standard InChI is InChI=1S/C24H36N2O/c1-18-14-21(15-20-9-11-25-12-10-20)16-22-17-26(24(27)23(18)22)13-5-8-19-6-3-2-4-7-19/h14,16,19-20,25H,2-13,15,17H2,1H3. The van der Waals surface area contributed by atoms with E-state index in [4.69, 9.17) is 0 Å². The van der Waals surface area contributed by atoms with Gasteiger partial charge in [-0.05, 0) is 80.6 Å². The quantitative estimate of drug-likeness (QED) is 0.778. The lowest BCUT2D eigenvalue weighted by atomic mass is 9.86. The summed E-state index contributed by atoms with van der Waals surface area (Å²) in [5.41, 5.74) is 4.91. The van der Waals surface area contributed by atoms with E-state index in [-0.39, 0.29) is 5.91 Å². The van der Waals surface area contributed by atoms with Gasteiger partial charge < -0.3 is 10.2 Å². The highest BCUT2D eigenvalue weighted by atomic mass is 16.2. The summed E-state index contributed by atoms with van der Waals surface area (Å²) >= 11 is 0. The minimum atomic E-state index is 0.277. The molecule has 3 aliphatic rings. The molecule has 2 aliphatic heterocycles. The SMILES string of the molecule is Cc1cc(CC2CCNCC2)cc2c1C(=O)N(CCCC1CCCCC1)C2. The van der Waals surface area contributed by atoms with E-state index < -0.39 is 0 Å². The molecule has 1 saturated heterocycles. The smallest absolute Gasteiger partial charge is 0.254 e. The molecule has 2 heterocycles. The Bertz CT molecular complexity index is 657. The van der Waals surface area contributed by atoms with E-state index >= 15 is 0 Å². The van der Waals surface area contributed by atoms with Crippen LogP contribution in [0.25, 0.3) is 0 Å². The normalized spacial score (nSPS) is 21.7. The van der Waals surface area contributed by atoms with Crippen molar-refractivity contribution in [2.45, 2.75) is 77.7 Å². The fourth-order valence-electron chi connectivity index (χ4n) is 5.57. The number of aryl methyl sites for hydroxylation is 1. The molecular formula is C24H36N2O. The van der Waals surface area contributed by atoms with Gasteiger partial charge in [0.25, 0.3) is 5.91 Å². The van der Waals surface area contributed by atoms with Crippen molar-refractivity contribution in [3.63, 3.8) is 0 Å². The molecule has 3 nitrogen and oxygen atoms in total. The van der Waals surface area contributed by atoms with Gasteiger partial charge in [-0.2, -0.15) is 0 Å². The average molecular weight is 369 g/mol. The number of carbonyl (C=O) groups excluding carboxylic acids is 1. The molecule has 1 aromatic rings. The van der Waals surface area contributed by atoms with Gasteiger partial charge in [-0.1, -0.05) is 44.2 Å². The maximum absolute atomic E-state index is 12.9. The first-order valence-electron chi connectivity index (χ1n) is 11.3. The molecule has 3 heteroatoms. The second kappa shape index (κ2) is 8.77. The molecule has 1 aromatic carbocycles. The first kappa shape index (κ1) is 19.0. The summed E-state index contributed by atoms with van der Waals surface area (Å²) in [6.07, 6.45) is 13.3. The molecular weight excluding hydrogens is 332 g/mol. The van der Waals surface area contributed by atoms with E-state index in [9.17, 15) is 4.79 Å². The molecule has 4 rings (SSSR count). The van der Waals surface area contributed by atoms with Crippen molar-refractivity contribution in [1.29, 1.82) is 0 Å². The minimum Gasteiger partial charge on any atom is -0.334 e. The molecule has 2 fully saturated rings. The molecule has 0 unspecified atom stereocenters. The van der Waals surface area contributed by atoms with Gasteiger partial charge in [-0.3, -0.25) is 4.79 Å². The maximum atomic E-state index is 12.9. The van der Waals surface area contributed by atoms with E-state index in [1.54, 1.807) is 0 Å². The lowest BCUT2D eigenvalue weighted by molar-refractivity contribution is 0.0772. The van der Waals surface area contributed by atoms with Crippen LogP contribution in [0.2, 0.25) is 0 Å². The summed E-state index contributed by atoms with van der Waals surface area (Å²) in [6.45, 7) is 6.21. The molecule has 1 amide bonds. The average Bonchev–Trinajstić information content (AvgIpc) is 2.99. The summed E-state index contributed by atoms with van der Waals surface area (Å²) in [7, 11) is 0. The summed E-state index contributed by atoms with van der Waals surface area (Å²) in [4.78, 5) is 15.0. The van der Waals surface area contributed by atoms with Crippen LogP contribution in [0, 0.1) is 18.8 Å². The van der Waals surface area contributed by atoms with Crippen molar-refractivity contribution in [1.82, 2.24) is 10.2 Å². The maximum Gasteiger partial charge on any atom is 0.254 e. The van der Waals surface area contributed by atoms with Crippen LogP contribution in [0.1, 0.15) is 84.8 Å². The number of fused-ring (bicyclic) bond motifs is 1. The summed E-state index contributed by atoms with van der Waals surface area (Å²) in [5.74, 6) is 1.99. The zero-order valence-electron chi connectivity index (χ0n) is 17.1. The topological polar surface area (TPSA) is 32.3 Å². The number of piperidine rings is 1. The van der Waals surface area contributed by atoms with Gasteiger partial charge >= 0.3 is 0 Å². The van der Waals surface area contributed by atoms with Crippen LogP contribution in [-0.2, 0) is 13.0 Å². The van der Waals surface area contributed by atoms with Gasteiger partial charge in [-0.25, -0.2) is 0 Å². The third kappa shape index (κ3) is 4.56. The van der Waals surface area contributed by atoms with Crippen LogP contribution in [0.4, 0.5) is 0 Å². The second-order valence-electron chi connectivity index (χ2n) is 9.22. The van der Waals surface area contributed by atoms with Crippen LogP contribution >= 0.6 is 0 Å². The minimum absolute atomic E-state index is 0.277. The van der Waals surface area contributed by atoms with Crippen molar-refractivity contribution >= 4 is 5.91 Å². The third-order valence-corrected chi connectivity index (χ3v) is 7.09. The monoisotopic (exact) mass is 368 g/mol. The zero-order chi connectivity index (χ0) is 18.6. The van der Waals surface area contributed by atoms with E-state index in [0.29, 0.717) is 0 Å². The predicted octanol–water partition coefficient (Wildman–Crippen LogP) is 4.85. The number of hydrogen-bond acceptors (Lipinski definition) is 2. The molecule has 0 spiro atoms. The van der Waals surface area contributed by atoms with E-state index in [1.165, 1.54) is 80.9 Å². The molecule has 0 radical (unpaired) electrons. The summed E-state index contributed by atoms with van der Waals surface area (Å²) in [6, 6.07) is 4.62. The Morgan fingerprint density at radius 1 is 1.04 bits per heavy atom. The number of nitrogens with zero attached hydrogens (tertiary/aromatic N) is 1. The second-order valence-corrected chi connectivity index (χ2v) is 9.22. The van der Waals surface area contributed by atoms with Gasteiger partial charge in [0, 0.05) is 18.7 Å². The molecule has 27 heavy (non-hydrogen) atoms. The first-order chi connectivity index (χ1) is 13.2. The largest absolute Gasteiger partial charge is 0.334 e. The molecule has 1 saturated carbocycles. The Hall–Kier alpha value is -1.35. The zero-order valence-corrected chi connectivity index (χ0v) is 17.1. The van der Waals surface area contributed by atoms with Gasteiger partial charge in [0.15, 0.2) is 0 Å². The molecule has 0 aromatic heterocycles. The van der Waals surface area contributed by atoms with Gasteiger partial charge in [0.1, 0.15) is 0 Å². The van der Waals surface area contributed by atoms with Gasteiger partial charge in [0.2, 0.25) is 0 Å². The lowest BCUT2D eigenvalue weighted by Gasteiger charge is -2.23. The molecule has 148 valence electrons. The van der Waals surface area contributed by atoms with Crippen molar-refractivity contribution < 1.29 is 4.79 Å². The predicted molar refractivity (Wildman–Crippen MR) is 111 cm³/mol. The van der Waals surface area contributed by atoms with Crippen molar-refractivity contribution in [3.8, 4) is 0 Å². The molecule has 0 atom stereocenters. The number of nitrogens with one attached hydrogen (secondary N) is 1. The Balaban J connectivity index is 1.35. The number of hydrogen-bond donors (Lipinski definition) is 1. The fraction of sp³-hybridized carbons (Fsp3) is 0.708. The molecule has 1 N–H and O–H groups in total. The third-order valence-electron chi connectivity index (χ3n) is 7.09. The Morgan fingerprint density at radius 3 is 2.59 bits per heavy atom. The van der Waals surface area contributed by atoms with E-state index in [0.717, 1.165) is 43.6 Å². The van der Waals surface area contributed by atoms with Crippen LogP contribution in [-0.4, -0.2) is 30.4 Å². The lowest BCUT2D eigenvalue weighted by Crippen LogP contribution is -2.28. The van der Waals surface area contributed by atoms with Crippen LogP contribution in [0.3, 0.4) is 0 Å². The highest BCUT2D eigenvalue weighted by Crippen LogP contribution is 2.31. The van der Waals surface area contributed by atoms with Crippen molar-refractivity contribution in [3.05, 3.63) is 34.4 Å². The number of rotatable bonds is 6. The van der Waals surface area contributed by atoms with Gasteiger partial charge in [-0.15, -0.1) is 0 Å². The highest BCUT2D eigenvalue weighted by molar-refractivity contribution is 5.99. The molecule has 0 bridgehead atoms. The van der Waals surface area contributed by atoms with E-state index in [1.807, 2.05) is 0 Å².